The van der Waals surface area contributed by atoms with Crippen LogP contribution in [0.1, 0.15) is 58.6 Å². The Balaban J connectivity index is 1.83. The van der Waals surface area contributed by atoms with Crippen molar-refractivity contribution in [3.63, 3.8) is 0 Å². The van der Waals surface area contributed by atoms with Crippen molar-refractivity contribution >= 4 is 21.6 Å². The molecular weight excluding hydrogens is 378 g/mol. The molecule has 0 aromatic carbocycles. The minimum atomic E-state index is -3.51. The predicted molar refractivity (Wildman–Crippen MR) is 110 cm³/mol. The fourth-order valence-electron chi connectivity index (χ4n) is 4.28. The molecule has 1 N–H and O–H groups in total. The molecule has 1 aromatic heterocycles. The zero-order valence-corrected chi connectivity index (χ0v) is 18.0. The Hall–Kier alpha value is -1.83. The standard InChI is InChI=1S/C20H31N3O4S/c1-5-8-28(26,27)21-16-6-7-17-15-9-14(12-23(17)19(16)25)11-22(13-15)18(24)10-20(2,3)4/h6-7,14-15,21H,5,8-13H2,1-4H3/t14-,15+/m0/s1. The van der Waals surface area contributed by atoms with Crippen LogP contribution in [0.2, 0.25) is 0 Å². The van der Waals surface area contributed by atoms with Crippen molar-refractivity contribution in [2.75, 3.05) is 23.6 Å². The van der Waals surface area contributed by atoms with Crippen LogP contribution < -0.4 is 10.3 Å². The van der Waals surface area contributed by atoms with Gasteiger partial charge in [0.1, 0.15) is 5.69 Å². The molecule has 0 spiro atoms. The fourth-order valence-corrected chi connectivity index (χ4v) is 5.41. The lowest BCUT2D eigenvalue weighted by molar-refractivity contribution is -0.135. The summed E-state index contributed by atoms with van der Waals surface area (Å²) in [6.45, 7) is 9.76. The van der Waals surface area contributed by atoms with Crippen LogP contribution in [0.4, 0.5) is 5.69 Å². The smallest absolute Gasteiger partial charge is 0.275 e. The Bertz CT molecular complexity index is 914. The number of likely N-dealkylation sites (tertiary alicyclic amines) is 1. The van der Waals surface area contributed by atoms with E-state index in [0.29, 0.717) is 32.5 Å². The second-order valence-corrected chi connectivity index (χ2v) is 11.2. The molecular formula is C20H31N3O4S. The van der Waals surface area contributed by atoms with Gasteiger partial charge in [0.05, 0.1) is 5.75 Å². The van der Waals surface area contributed by atoms with Crippen molar-refractivity contribution in [2.45, 2.75) is 59.4 Å². The summed E-state index contributed by atoms with van der Waals surface area (Å²) in [6.07, 6.45) is 1.96. The Labute approximate surface area is 167 Å². The molecule has 2 bridgehead atoms. The average Bonchev–Trinajstić information content (AvgIpc) is 2.56. The Morgan fingerprint density at radius 1 is 1.21 bits per heavy atom. The van der Waals surface area contributed by atoms with Crippen molar-refractivity contribution < 1.29 is 13.2 Å². The van der Waals surface area contributed by atoms with Crippen LogP contribution in [0.5, 0.6) is 0 Å². The summed E-state index contributed by atoms with van der Waals surface area (Å²) in [5.41, 5.74) is 0.662. The Morgan fingerprint density at radius 3 is 2.57 bits per heavy atom. The topological polar surface area (TPSA) is 88.5 Å². The van der Waals surface area contributed by atoms with Gasteiger partial charge in [-0.3, -0.25) is 14.3 Å². The van der Waals surface area contributed by atoms with Gasteiger partial charge >= 0.3 is 0 Å². The molecule has 2 aliphatic heterocycles. The number of anilines is 1. The number of aromatic nitrogens is 1. The number of nitrogens with one attached hydrogen (secondary N) is 1. The van der Waals surface area contributed by atoms with Crippen molar-refractivity contribution in [1.82, 2.24) is 9.47 Å². The van der Waals surface area contributed by atoms with Gasteiger partial charge in [0.2, 0.25) is 15.9 Å². The molecule has 1 amide bonds. The van der Waals surface area contributed by atoms with Gasteiger partial charge in [0.15, 0.2) is 0 Å². The first-order valence-corrected chi connectivity index (χ1v) is 11.7. The third-order valence-electron chi connectivity index (χ3n) is 5.38. The number of piperidine rings is 1. The number of rotatable bonds is 5. The van der Waals surface area contributed by atoms with E-state index in [4.69, 9.17) is 0 Å². The van der Waals surface area contributed by atoms with E-state index in [2.05, 4.69) is 25.5 Å². The lowest BCUT2D eigenvalue weighted by atomic mass is 9.82. The molecule has 0 unspecified atom stereocenters. The molecule has 1 fully saturated rings. The van der Waals surface area contributed by atoms with Crippen LogP contribution in [-0.2, 0) is 21.4 Å². The molecule has 0 saturated carbocycles. The first-order valence-electron chi connectivity index (χ1n) is 10.0. The zero-order valence-electron chi connectivity index (χ0n) is 17.2. The van der Waals surface area contributed by atoms with Crippen molar-refractivity contribution in [2.24, 2.45) is 11.3 Å². The number of sulfonamides is 1. The van der Waals surface area contributed by atoms with Gasteiger partial charge in [0.25, 0.3) is 5.56 Å². The van der Waals surface area contributed by atoms with Gasteiger partial charge in [-0.25, -0.2) is 8.42 Å². The van der Waals surface area contributed by atoms with E-state index in [1.54, 1.807) is 17.6 Å². The first-order chi connectivity index (χ1) is 13.0. The molecule has 1 aromatic rings. The summed E-state index contributed by atoms with van der Waals surface area (Å²) < 4.78 is 28.2. The predicted octanol–water partition coefficient (Wildman–Crippen LogP) is 2.38. The number of carbonyl (C=O) groups is 1. The number of carbonyl (C=O) groups excluding carboxylic acids is 1. The van der Waals surface area contributed by atoms with Crippen LogP contribution in [0.3, 0.4) is 0 Å². The molecule has 2 aliphatic rings. The van der Waals surface area contributed by atoms with Crippen molar-refractivity contribution in [1.29, 1.82) is 0 Å². The maximum atomic E-state index is 12.9. The molecule has 1 saturated heterocycles. The zero-order chi connectivity index (χ0) is 20.7. The molecule has 3 rings (SSSR count). The van der Waals surface area contributed by atoms with Crippen molar-refractivity contribution in [3.8, 4) is 0 Å². The molecule has 28 heavy (non-hydrogen) atoms. The molecule has 7 nitrogen and oxygen atoms in total. The minimum absolute atomic E-state index is 0.00963. The highest BCUT2D eigenvalue weighted by Crippen LogP contribution is 2.36. The molecule has 2 atom stereocenters. The van der Waals surface area contributed by atoms with E-state index in [-0.39, 0.29) is 40.2 Å². The molecule has 3 heterocycles. The Kier molecular flexibility index (Phi) is 5.62. The first kappa shape index (κ1) is 20.9. The fraction of sp³-hybridized carbons (Fsp3) is 0.700. The van der Waals surface area contributed by atoms with E-state index in [1.807, 2.05) is 11.0 Å². The highest BCUT2D eigenvalue weighted by Gasteiger charge is 2.37. The molecule has 156 valence electrons. The van der Waals surface area contributed by atoms with Gasteiger partial charge in [-0.15, -0.1) is 0 Å². The average molecular weight is 410 g/mol. The summed E-state index contributed by atoms with van der Waals surface area (Å²) in [6, 6.07) is 3.40. The van der Waals surface area contributed by atoms with Crippen LogP contribution in [0, 0.1) is 11.3 Å². The van der Waals surface area contributed by atoms with Crippen LogP contribution in [-0.4, -0.2) is 42.6 Å². The second-order valence-electron chi connectivity index (χ2n) is 9.34. The van der Waals surface area contributed by atoms with Crippen molar-refractivity contribution in [3.05, 3.63) is 28.2 Å². The number of hydrogen-bond donors (Lipinski definition) is 1. The third kappa shape index (κ3) is 4.59. The largest absolute Gasteiger partial charge is 0.342 e. The second kappa shape index (κ2) is 7.54. The Morgan fingerprint density at radius 2 is 1.93 bits per heavy atom. The van der Waals surface area contributed by atoms with Crippen LogP contribution in [0.25, 0.3) is 0 Å². The number of hydrogen-bond acceptors (Lipinski definition) is 4. The molecule has 0 radical (unpaired) electrons. The summed E-state index contributed by atoms with van der Waals surface area (Å²) in [5, 5.41) is 0. The normalized spacial score (nSPS) is 21.9. The highest BCUT2D eigenvalue weighted by atomic mass is 32.2. The number of fused-ring (bicyclic) bond motifs is 4. The lowest BCUT2D eigenvalue weighted by Gasteiger charge is -2.43. The van der Waals surface area contributed by atoms with Gasteiger partial charge in [-0.1, -0.05) is 27.7 Å². The number of pyridine rings is 1. The molecule has 0 aliphatic carbocycles. The van der Waals surface area contributed by atoms with E-state index in [0.717, 1.165) is 12.1 Å². The summed E-state index contributed by atoms with van der Waals surface area (Å²) in [7, 11) is -3.51. The van der Waals surface area contributed by atoms with Gasteiger partial charge in [0, 0.05) is 37.7 Å². The van der Waals surface area contributed by atoms with E-state index < -0.39 is 10.0 Å². The van der Waals surface area contributed by atoms with Gasteiger partial charge in [-0.05, 0) is 36.3 Å². The quantitative estimate of drug-likeness (QED) is 0.809. The lowest BCUT2D eigenvalue weighted by Crippen LogP contribution is -2.49. The monoisotopic (exact) mass is 409 g/mol. The molecule has 8 heteroatoms. The van der Waals surface area contributed by atoms with E-state index >= 15 is 0 Å². The summed E-state index contributed by atoms with van der Waals surface area (Å²) in [4.78, 5) is 27.5. The van der Waals surface area contributed by atoms with Crippen LogP contribution >= 0.6 is 0 Å². The minimum Gasteiger partial charge on any atom is -0.342 e. The number of nitrogens with zero attached hydrogens (tertiary/aromatic N) is 2. The number of amides is 1. The maximum Gasteiger partial charge on any atom is 0.275 e. The SMILES string of the molecule is CCCS(=O)(=O)Nc1ccc2n(c1=O)C[C@H]1C[C@@H]2CN(C(=O)CC(C)(C)C)C1. The van der Waals surface area contributed by atoms with Crippen LogP contribution in [0.15, 0.2) is 16.9 Å². The van der Waals surface area contributed by atoms with Gasteiger partial charge < -0.3 is 9.47 Å². The maximum absolute atomic E-state index is 12.9. The highest BCUT2D eigenvalue weighted by molar-refractivity contribution is 7.92. The van der Waals surface area contributed by atoms with Gasteiger partial charge in [-0.2, -0.15) is 0 Å². The summed E-state index contributed by atoms with van der Waals surface area (Å²) in [5.74, 6) is 0.493. The van der Waals surface area contributed by atoms with E-state index in [9.17, 15) is 18.0 Å². The third-order valence-corrected chi connectivity index (χ3v) is 6.85. The van der Waals surface area contributed by atoms with E-state index in [1.165, 1.54) is 0 Å². The summed E-state index contributed by atoms with van der Waals surface area (Å²) >= 11 is 0.